The van der Waals surface area contributed by atoms with Gasteiger partial charge in [-0.25, -0.2) is 14.4 Å². The average molecular weight is 565 g/mol. The van der Waals surface area contributed by atoms with Gasteiger partial charge in [0.25, 0.3) is 0 Å². The molecule has 5 rings (SSSR count). The molecule has 1 aromatic heterocycles. The third-order valence-electron chi connectivity index (χ3n) is 6.27. The number of aromatic nitrogens is 2. The van der Waals surface area contributed by atoms with Crippen molar-refractivity contribution in [1.82, 2.24) is 9.97 Å². The van der Waals surface area contributed by atoms with E-state index < -0.39 is 5.82 Å². The Labute approximate surface area is 239 Å². The van der Waals surface area contributed by atoms with Gasteiger partial charge >= 0.3 is 0 Å². The van der Waals surface area contributed by atoms with E-state index in [2.05, 4.69) is 15.0 Å². The van der Waals surface area contributed by atoms with Crippen molar-refractivity contribution in [3.63, 3.8) is 0 Å². The number of aryl methyl sites for hydroxylation is 1. The molecule has 1 saturated carbocycles. The van der Waals surface area contributed by atoms with Crippen LogP contribution >= 0.6 is 23.5 Å². The zero-order valence-corrected chi connectivity index (χ0v) is 24.1. The topological polar surface area (TPSA) is 59.1 Å². The Balaban J connectivity index is 0.00000172. The zero-order valence-electron chi connectivity index (χ0n) is 22.5. The molecule has 1 fully saturated rings. The van der Waals surface area contributed by atoms with Gasteiger partial charge in [-0.15, -0.1) is 0 Å². The first-order valence-corrected chi connectivity index (χ1v) is 14.6. The fraction of sp³-hybridized carbons (Fsp3) is 0.290. The second kappa shape index (κ2) is 14.2. The average Bonchev–Trinajstić information content (AvgIpc) is 2.96. The molecule has 1 aliphatic carbocycles. The molecular weight excluding hydrogens is 531 g/mol. The zero-order chi connectivity index (χ0) is 27.6. The van der Waals surface area contributed by atoms with Gasteiger partial charge in [-0.05, 0) is 79.7 Å². The predicted octanol–water partition coefficient (Wildman–Crippen LogP) is 9.93. The fourth-order valence-electron chi connectivity index (χ4n) is 4.34. The van der Waals surface area contributed by atoms with Crippen molar-refractivity contribution in [2.24, 2.45) is 0 Å². The number of ether oxygens (including phenoxy) is 1. The number of halogens is 2. The molecule has 4 aromatic rings. The molecular formula is C31H34ClFN4OS. The van der Waals surface area contributed by atoms with Crippen LogP contribution in [0, 0.1) is 12.7 Å². The smallest absolute Gasteiger partial charge is 0.223 e. The van der Waals surface area contributed by atoms with Gasteiger partial charge in [0.15, 0.2) is 11.6 Å². The summed E-state index contributed by atoms with van der Waals surface area (Å²) in [5, 5.41) is 4.11. The number of hydrogen-bond donors (Lipinski definition) is 2. The number of anilines is 2. The summed E-state index contributed by atoms with van der Waals surface area (Å²) in [6.45, 7) is 5.97. The van der Waals surface area contributed by atoms with Gasteiger partial charge in [0.2, 0.25) is 5.95 Å². The molecule has 39 heavy (non-hydrogen) atoms. The van der Waals surface area contributed by atoms with Crippen molar-refractivity contribution in [2.45, 2.75) is 63.8 Å². The molecule has 1 heterocycles. The van der Waals surface area contributed by atoms with Crippen molar-refractivity contribution < 1.29 is 9.13 Å². The van der Waals surface area contributed by atoms with Gasteiger partial charge in [0.1, 0.15) is 5.75 Å². The van der Waals surface area contributed by atoms with Crippen LogP contribution in [-0.4, -0.2) is 16.0 Å². The minimum Gasteiger partial charge on any atom is -0.454 e. The van der Waals surface area contributed by atoms with Gasteiger partial charge in [0.05, 0.1) is 10.7 Å². The molecule has 0 saturated heterocycles. The minimum atomic E-state index is -0.473. The van der Waals surface area contributed by atoms with E-state index in [-0.39, 0.29) is 5.75 Å². The van der Waals surface area contributed by atoms with E-state index in [1.165, 1.54) is 37.3 Å². The number of hydrogen-bond acceptors (Lipinski definition) is 6. The Morgan fingerprint density at radius 1 is 0.949 bits per heavy atom. The van der Waals surface area contributed by atoms with E-state index in [4.69, 9.17) is 21.3 Å². The van der Waals surface area contributed by atoms with Gasteiger partial charge < -0.3 is 14.8 Å². The quantitative estimate of drug-likeness (QED) is 0.208. The summed E-state index contributed by atoms with van der Waals surface area (Å²) < 4.78 is 24.3. The minimum absolute atomic E-state index is 0.134. The third kappa shape index (κ3) is 7.87. The lowest BCUT2D eigenvalue weighted by molar-refractivity contribution is 0.443. The van der Waals surface area contributed by atoms with E-state index in [0.29, 0.717) is 28.4 Å². The van der Waals surface area contributed by atoms with Crippen molar-refractivity contribution in [3.8, 4) is 22.8 Å². The number of rotatable bonds is 8. The monoisotopic (exact) mass is 564 g/mol. The van der Waals surface area contributed by atoms with Gasteiger partial charge in [-0.3, -0.25) is 0 Å². The Morgan fingerprint density at radius 3 is 2.51 bits per heavy atom. The Hall–Kier alpha value is -3.29. The van der Waals surface area contributed by atoms with Crippen molar-refractivity contribution in [3.05, 3.63) is 89.3 Å². The molecule has 0 atom stereocenters. The summed E-state index contributed by atoms with van der Waals surface area (Å²) in [7, 11) is 0. The summed E-state index contributed by atoms with van der Waals surface area (Å²) >= 11 is 7.53. The molecule has 5 nitrogen and oxygen atoms in total. The molecule has 1 aliphatic rings. The Morgan fingerprint density at radius 2 is 1.74 bits per heavy atom. The second-order valence-corrected chi connectivity index (χ2v) is 10.4. The van der Waals surface area contributed by atoms with Crippen LogP contribution in [0.1, 0.15) is 51.5 Å². The molecule has 0 aliphatic heterocycles. The van der Waals surface area contributed by atoms with Crippen LogP contribution < -0.4 is 14.8 Å². The Kier molecular flexibility index (Phi) is 10.5. The van der Waals surface area contributed by atoms with E-state index in [9.17, 15) is 0 Å². The fourth-order valence-corrected chi connectivity index (χ4v) is 5.26. The Bertz CT molecular complexity index is 1380. The van der Waals surface area contributed by atoms with Crippen LogP contribution in [0.15, 0.2) is 77.8 Å². The molecule has 0 radical (unpaired) electrons. The van der Waals surface area contributed by atoms with Crippen molar-refractivity contribution in [1.29, 1.82) is 0 Å². The SMILES string of the molecule is CC.Cc1ccc(-c2ccnc(NC3CCCCC3)n2)c(Oc2ccc(NSc3ccccc3Cl)cc2F)c1. The van der Waals surface area contributed by atoms with Gasteiger partial charge in [0, 0.05) is 34.5 Å². The highest BCUT2D eigenvalue weighted by molar-refractivity contribution is 8.00. The number of nitrogens with zero attached hydrogens (tertiary/aromatic N) is 2. The molecule has 2 N–H and O–H groups in total. The van der Waals surface area contributed by atoms with Gasteiger partial charge in [-0.2, -0.15) is 0 Å². The highest BCUT2D eigenvalue weighted by atomic mass is 35.5. The lowest BCUT2D eigenvalue weighted by atomic mass is 9.96. The lowest BCUT2D eigenvalue weighted by Gasteiger charge is -2.22. The van der Waals surface area contributed by atoms with Crippen LogP contribution in [0.4, 0.5) is 16.0 Å². The molecule has 8 heteroatoms. The molecule has 0 unspecified atom stereocenters. The maximum atomic E-state index is 15.1. The summed E-state index contributed by atoms with van der Waals surface area (Å²) in [6, 6.07) is 20.4. The summed E-state index contributed by atoms with van der Waals surface area (Å²) in [6.07, 6.45) is 7.75. The first kappa shape index (κ1) is 28.7. The van der Waals surface area contributed by atoms with Crippen LogP contribution in [-0.2, 0) is 0 Å². The van der Waals surface area contributed by atoms with Crippen molar-refractivity contribution >= 4 is 35.2 Å². The van der Waals surface area contributed by atoms with Crippen LogP contribution in [0.5, 0.6) is 11.5 Å². The van der Waals surface area contributed by atoms with Crippen LogP contribution in [0.2, 0.25) is 5.02 Å². The lowest BCUT2D eigenvalue weighted by Crippen LogP contribution is -2.23. The highest BCUT2D eigenvalue weighted by Gasteiger charge is 2.16. The molecule has 0 amide bonds. The van der Waals surface area contributed by atoms with Crippen LogP contribution in [0.25, 0.3) is 11.3 Å². The molecule has 204 valence electrons. The van der Waals surface area contributed by atoms with E-state index in [1.54, 1.807) is 18.3 Å². The van der Waals surface area contributed by atoms with E-state index in [0.717, 1.165) is 34.6 Å². The summed E-state index contributed by atoms with van der Waals surface area (Å²) in [5.74, 6) is 0.801. The third-order valence-corrected chi connectivity index (χ3v) is 7.63. The van der Waals surface area contributed by atoms with E-state index >= 15 is 4.39 Å². The summed E-state index contributed by atoms with van der Waals surface area (Å²) in [4.78, 5) is 10.0. The predicted molar refractivity (Wildman–Crippen MR) is 161 cm³/mol. The largest absolute Gasteiger partial charge is 0.454 e. The second-order valence-electron chi connectivity index (χ2n) is 9.13. The normalized spacial score (nSPS) is 13.3. The molecule has 0 bridgehead atoms. The molecule has 0 spiro atoms. The molecule has 3 aromatic carbocycles. The first-order valence-electron chi connectivity index (χ1n) is 13.4. The summed E-state index contributed by atoms with van der Waals surface area (Å²) in [5.41, 5.74) is 3.10. The van der Waals surface area contributed by atoms with E-state index in [1.807, 2.05) is 69.3 Å². The highest BCUT2D eigenvalue weighted by Crippen LogP contribution is 2.36. The number of benzene rings is 3. The first-order chi connectivity index (χ1) is 19.0. The standard InChI is InChI=1S/C29H28ClFN4OS.C2H6/c1-19-11-13-22(25-15-16-32-29(34-25)33-20-7-3-2-4-8-20)27(17-19)36-26-14-12-21(18-24(26)31)35-37-28-10-6-5-9-23(28)30;1-2/h5-6,9-18,20,35H,2-4,7-8H2,1H3,(H,32,33,34);1-2H3. The van der Waals surface area contributed by atoms with Crippen molar-refractivity contribution in [2.75, 3.05) is 10.0 Å². The maximum absolute atomic E-state index is 15.1. The maximum Gasteiger partial charge on any atom is 0.223 e. The van der Waals surface area contributed by atoms with Crippen LogP contribution in [0.3, 0.4) is 0 Å². The van der Waals surface area contributed by atoms with Gasteiger partial charge in [-0.1, -0.05) is 62.9 Å². The number of nitrogens with one attached hydrogen (secondary N) is 2.